The summed E-state index contributed by atoms with van der Waals surface area (Å²) in [6.07, 6.45) is 20.1. The number of hydrogen-bond acceptors (Lipinski definition) is 4. The van der Waals surface area contributed by atoms with Crippen molar-refractivity contribution in [2.45, 2.75) is 167 Å². The van der Waals surface area contributed by atoms with E-state index in [4.69, 9.17) is 36.0 Å². The van der Waals surface area contributed by atoms with Gasteiger partial charge in [-0.05, 0) is 133 Å². The number of fused-ring (bicyclic) bond motifs is 8. The van der Waals surface area contributed by atoms with E-state index in [2.05, 4.69) is 211 Å². The molecule has 4 aliphatic carbocycles. The molecule has 9 heteroatoms. The molecule has 0 saturated heterocycles. The summed E-state index contributed by atoms with van der Waals surface area (Å²) in [5.74, 6) is 5.55. The predicted octanol–water partition coefficient (Wildman–Crippen LogP) is 21.4. The fourth-order valence-electron chi connectivity index (χ4n) is 18.7. The van der Waals surface area contributed by atoms with Gasteiger partial charge in [0.2, 0.25) is 0 Å². The first kappa shape index (κ1) is 69.4. The molecule has 0 fully saturated rings. The molecule has 0 N–H and O–H groups in total. The van der Waals surface area contributed by atoms with Gasteiger partial charge in [-0.25, -0.2) is 24.3 Å². The van der Waals surface area contributed by atoms with Crippen LogP contribution in [0, 0.1) is 27.7 Å². The van der Waals surface area contributed by atoms with Gasteiger partial charge in [-0.2, -0.15) is 87.5 Å². The van der Waals surface area contributed by atoms with Crippen molar-refractivity contribution in [1.29, 1.82) is 0 Å². The topological polar surface area (TPSA) is 36.9 Å². The number of halogens is 2. The Labute approximate surface area is 610 Å². The Morgan fingerprint density at radius 2 is 0.505 bits per heavy atom. The van der Waals surface area contributed by atoms with E-state index in [1.807, 2.05) is 0 Å². The molecule has 0 amide bonds. The molecule has 0 saturated carbocycles. The maximum absolute atomic E-state index is 5.50. The predicted molar refractivity (Wildman–Crippen MR) is 420 cm³/mol. The zero-order valence-electron chi connectivity index (χ0n) is 59.7. The van der Waals surface area contributed by atoms with E-state index in [0.717, 1.165) is 23.0 Å². The molecule has 0 spiro atoms. The van der Waals surface area contributed by atoms with Crippen LogP contribution in [0.15, 0.2) is 170 Å². The fourth-order valence-corrected chi connectivity index (χ4v) is 24.8. The Morgan fingerprint density at radius 1 is 0.303 bits per heavy atom. The average molecular weight is 1460 g/mol. The Hall–Kier alpha value is -6.70. The summed E-state index contributed by atoms with van der Waals surface area (Å²) in [5, 5.41) is 17.1. The zero-order valence-corrected chi connectivity index (χ0v) is 65.6. The summed E-state index contributed by atoms with van der Waals surface area (Å²) < 4.78 is 22.0. The minimum absolute atomic E-state index is 0.464. The van der Waals surface area contributed by atoms with Crippen molar-refractivity contribution in [3.8, 4) is 23.0 Å². The van der Waals surface area contributed by atoms with Crippen LogP contribution in [0.4, 0.5) is 0 Å². The molecular formula is C90H94Cl2O4Si2Zr-4. The van der Waals surface area contributed by atoms with E-state index in [0.29, 0.717) is 23.7 Å². The van der Waals surface area contributed by atoms with Crippen LogP contribution in [-0.2, 0) is 46.5 Å². The van der Waals surface area contributed by atoms with Gasteiger partial charge in [0.25, 0.3) is 0 Å². The SMILES string of the molecule is COc1ccc2cc(C3CCCCc4c3cc(C)[c-]4[Si](C)[c-]3c(C)cc4c3CCCCC4c3ccc4cc(OC)ccc4c3)ccc2c1.COc1ccc2cc(C3CCCCc4c3cc(C)[c-]4[Si](C)[c-]3c(C)cc4c3CCCCC4c3ccc4cc(OC)ccc4c3)ccc2c1.[Cl][Zr][Cl]. The second-order valence-corrected chi connectivity index (χ2v) is 37.2. The summed E-state index contributed by atoms with van der Waals surface area (Å²) in [6.45, 7) is 14.9. The molecule has 0 heterocycles. The van der Waals surface area contributed by atoms with Gasteiger partial charge in [0.1, 0.15) is 23.0 Å². The van der Waals surface area contributed by atoms with Gasteiger partial charge in [-0.3, -0.25) is 0 Å². The standard InChI is InChI=1S/2C45H47O2Si.2ClH.Zr/c2*1-28-22-42-38(34-16-14-32-26-36(46-3)20-18-30(32)24-34)10-6-8-12-40(42)44(28)48(5)45-29(2)23-43-39(11-7-9-13-41(43)45)35-17-15-33-27-37(47-4)21-19-31(33)25-35;;;/h2*14-27,38-39H,6-13H2,1-5H3;2*1H;/q2*-2;;;+2/p-2. The number of ether oxygens (including phenoxy) is 4. The van der Waals surface area contributed by atoms with E-state index in [1.165, 1.54) is 190 Å². The van der Waals surface area contributed by atoms with E-state index < -0.39 is 38.4 Å². The van der Waals surface area contributed by atoms with Crippen molar-refractivity contribution in [2.24, 2.45) is 0 Å². The summed E-state index contributed by atoms with van der Waals surface area (Å²) >= 11 is -0.826. The Balaban J connectivity index is 0.000000163. The van der Waals surface area contributed by atoms with Crippen LogP contribution in [0.3, 0.4) is 0 Å². The van der Waals surface area contributed by atoms with Crippen molar-refractivity contribution in [3.05, 3.63) is 259 Å². The van der Waals surface area contributed by atoms with Crippen molar-refractivity contribution in [2.75, 3.05) is 28.4 Å². The summed E-state index contributed by atoms with van der Waals surface area (Å²) in [7, 11) is 15.0. The number of methoxy groups -OCH3 is 4. The Morgan fingerprint density at radius 3 is 0.717 bits per heavy atom. The maximum atomic E-state index is 5.50. The van der Waals surface area contributed by atoms with Gasteiger partial charge in [-0.15, -0.1) is 0 Å². The third-order valence-corrected chi connectivity index (χ3v) is 29.0. The fraction of sp³-hybridized carbons (Fsp3) is 0.333. The second kappa shape index (κ2) is 30.5. The van der Waals surface area contributed by atoms with Crippen molar-refractivity contribution in [3.63, 3.8) is 0 Å². The first-order valence-electron chi connectivity index (χ1n) is 36.4. The molecule has 4 unspecified atom stereocenters. The third-order valence-electron chi connectivity index (χ3n) is 23.2. The van der Waals surface area contributed by atoms with Crippen LogP contribution in [0.1, 0.15) is 190 Å². The third kappa shape index (κ3) is 13.8. The molecular weight excluding hydrogens is 1360 g/mol. The van der Waals surface area contributed by atoms with Crippen LogP contribution < -0.4 is 39.7 Å². The molecule has 12 aromatic carbocycles. The van der Waals surface area contributed by atoms with Crippen LogP contribution in [-0.4, -0.2) is 46.0 Å². The summed E-state index contributed by atoms with van der Waals surface area (Å²) in [4.78, 5) is 0. The number of aryl methyl sites for hydroxylation is 4. The van der Waals surface area contributed by atoms with E-state index in [1.54, 1.807) is 93.7 Å². The first-order chi connectivity index (χ1) is 48.3. The molecule has 4 aliphatic rings. The molecule has 12 aromatic rings. The molecule has 0 aromatic heterocycles. The average Bonchev–Trinajstić information content (AvgIpc) is 1.61. The quantitative estimate of drug-likeness (QED) is 0.0694. The van der Waals surface area contributed by atoms with Crippen molar-refractivity contribution < 1.29 is 39.8 Å². The minimum atomic E-state index is -0.951. The second-order valence-electron chi connectivity index (χ2n) is 28.9. The molecule has 16 rings (SSSR count). The molecule has 0 aliphatic heterocycles. The molecule has 2 radical (unpaired) electrons. The van der Waals surface area contributed by atoms with Crippen LogP contribution in [0.5, 0.6) is 23.0 Å². The normalized spacial score (nSPS) is 17.6. The summed E-state index contributed by atoms with van der Waals surface area (Å²) in [6, 6.07) is 64.7. The molecule has 508 valence electrons. The monoisotopic (exact) mass is 1450 g/mol. The van der Waals surface area contributed by atoms with Gasteiger partial charge < -0.3 is 18.9 Å². The van der Waals surface area contributed by atoms with E-state index in [-0.39, 0.29) is 0 Å². The molecule has 4 nitrogen and oxygen atoms in total. The van der Waals surface area contributed by atoms with E-state index >= 15 is 0 Å². The Bertz CT molecular complexity index is 4300. The van der Waals surface area contributed by atoms with Gasteiger partial charge in [0.15, 0.2) is 0 Å². The van der Waals surface area contributed by atoms with Gasteiger partial charge in [-0.1, -0.05) is 263 Å². The molecule has 4 atom stereocenters. The summed E-state index contributed by atoms with van der Waals surface area (Å²) in [5.41, 5.74) is 25.1. The number of benzene rings is 8. The molecule has 0 bridgehead atoms. The zero-order chi connectivity index (χ0) is 68.6. The van der Waals surface area contributed by atoms with Crippen LogP contribution >= 0.6 is 17.0 Å². The number of rotatable bonds is 12. The van der Waals surface area contributed by atoms with Crippen LogP contribution in [0.25, 0.3) is 43.1 Å². The van der Waals surface area contributed by atoms with Gasteiger partial charge in [0, 0.05) is 0 Å². The Kier molecular flexibility index (Phi) is 21.4. The molecule has 99 heavy (non-hydrogen) atoms. The van der Waals surface area contributed by atoms with Gasteiger partial charge >= 0.3 is 37.9 Å². The number of hydrogen-bond donors (Lipinski definition) is 0. The van der Waals surface area contributed by atoms with Gasteiger partial charge in [0.05, 0.1) is 28.4 Å². The van der Waals surface area contributed by atoms with E-state index in [9.17, 15) is 0 Å². The van der Waals surface area contributed by atoms with Crippen molar-refractivity contribution in [1.82, 2.24) is 0 Å². The first-order valence-corrected chi connectivity index (χ1v) is 46.7. The van der Waals surface area contributed by atoms with Crippen LogP contribution in [0.2, 0.25) is 13.1 Å². The van der Waals surface area contributed by atoms with Crippen molar-refractivity contribution >= 4 is 98.5 Å².